The molecule has 1 aliphatic rings. The Hall–Kier alpha value is -1.61. The van der Waals surface area contributed by atoms with Crippen LogP contribution in [-0.4, -0.2) is 35.6 Å². The highest BCUT2D eigenvalue weighted by molar-refractivity contribution is 5.93. The van der Waals surface area contributed by atoms with Crippen LogP contribution in [0.5, 0.6) is 0 Å². The number of hydrogen-bond donors (Lipinski definition) is 1. The zero-order chi connectivity index (χ0) is 14.7. The quantitative estimate of drug-likeness (QED) is 0.928. The van der Waals surface area contributed by atoms with Crippen molar-refractivity contribution in [3.8, 4) is 0 Å². The van der Waals surface area contributed by atoms with Gasteiger partial charge in [-0.05, 0) is 63.0 Å². The van der Waals surface area contributed by atoms with E-state index >= 15 is 0 Å². The van der Waals surface area contributed by atoms with Crippen LogP contribution in [0, 0.1) is 6.92 Å². The van der Waals surface area contributed by atoms with E-state index in [4.69, 9.17) is 0 Å². The van der Waals surface area contributed by atoms with Crippen molar-refractivity contribution in [1.82, 2.24) is 9.88 Å². The summed E-state index contributed by atoms with van der Waals surface area (Å²) in [5.74, 6) is 0. The smallest absolute Gasteiger partial charge is 0.0751 e. The number of fused-ring (bicyclic) bond motifs is 1. The van der Waals surface area contributed by atoms with Crippen LogP contribution in [-0.2, 0) is 0 Å². The summed E-state index contributed by atoms with van der Waals surface area (Å²) in [4.78, 5) is 7.08. The summed E-state index contributed by atoms with van der Waals surface area (Å²) < 4.78 is 0. The molecule has 0 radical (unpaired) electrons. The lowest BCUT2D eigenvalue weighted by Crippen LogP contribution is -2.26. The molecule has 0 amide bonds. The molecule has 1 saturated heterocycles. The van der Waals surface area contributed by atoms with Gasteiger partial charge in [0.05, 0.1) is 5.52 Å². The van der Waals surface area contributed by atoms with Crippen LogP contribution in [0.2, 0.25) is 0 Å². The molecular weight excluding hydrogens is 258 g/mol. The Kier molecular flexibility index (Phi) is 4.39. The summed E-state index contributed by atoms with van der Waals surface area (Å²) >= 11 is 0. The van der Waals surface area contributed by atoms with Gasteiger partial charge in [0.1, 0.15) is 0 Å². The first-order valence-electron chi connectivity index (χ1n) is 8.11. The van der Waals surface area contributed by atoms with Gasteiger partial charge in [0.15, 0.2) is 0 Å². The Morgan fingerprint density at radius 1 is 1.24 bits per heavy atom. The second kappa shape index (κ2) is 6.44. The van der Waals surface area contributed by atoms with E-state index in [-0.39, 0.29) is 0 Å². The van der Waals surface area contributed by atoms with Gasteiger partial charge in [-0.3, -0.25) is 4.98 Å². The van der Waals surface area contributed by atoms with Crippen molar-refractivity contribution in [1.29, 1.82) is 0 Å². The van der Waals surface area contributed by atoms with E-state index in [1.165, 1.54) is 55.5 Å². The molecule has 0 spiro atoms. The minimum atomic E-state index is 0.577. The molecule has 2 aromatic rings. The number of aryl methyl sites for hydroxylation is 1. The molecular formula is C18H25N3. The lowest BCUT2D eigenvalue weighted by atomic mass is 10.1. The molecule has 3 nitrogen and oxygen atoms in total. The molecule has 1 fully saturated rings. The normalized spacial score (nSPS) is 20.4. The highest BCUT2D eigenvalue weighted by atomic mass is 15.1. The molecule has 1 N–H and O–H groups in total. The van der Waals surface area contributed by atoms with Crippen molar-refractivity contribution in [3.05, 3.63) is 36.0 Å². The number of nitrogens with zero attached hydrogens (tertiary/aromatic N) is 2. The fraction of sp³-hybridized carbons (Fsp3) is 0.500. The molecule has 3 heteroatoms. The van der Waals surface area contributed by atoms with Crippen molar-refractivity contribution >= 4 is 16.6 Å². The molecule has 1 atom stereocenters. The van der Waals surface area contributed by atoms with Crippen LogP contribution in [0.25, 0.3) is 10.9 Å². The maximum Gasteiger partial charge on any atom is 0.0751 e. The van der Waals surface area contributed by atoms with E-state index in [1.807, 2.05) is 12.3 Å². The summed E-state index contributed by atoms with van der Waals surface area (Å²) in [6.45, 7) is 8.00. The average molecular weight is 283 g/mol. The summed E-state index contributed by atoms with van der Waals surface area (Å²) in [5.41, 5.74) is 3.60. The largest absolute Gasteiger partial charge is 0.382 e. The molecule has 1 aromatic carbocycles. The molecule has 1 aromatic heterocycles. The van der Waals surface area contributed by atoms with Gasteiger partial charge in [-0.2, -0.15) is 0 Å². The van der Waals surface area contributed by atoms with Gasteiger partial charge in [-0.25, -0.2) is 0 Å². The van der Waals surface area contributed by atoms with Gasteiger partial charge in [0.2, 0.25) is 0 Å². The van der Waals surface area contributed by atoms with Gasteiger partial charge in [0.25, 0.3) is 0 Å². The van der Waals surface area contributed by atoms with E-state index in [0.29, 0.717) is 6.04 Å². The lowest BCUT2D eigenvalue weighted by molar-refractivity contribution is 0.300. The van der Waals surface area contributed by atoms with Crippen LogP contribution in [0.3, 0.4) is 0 Å². The van der Waals surface area contributed by atoms with Crippen LogP contribution < -0.4 is 5.32 Å². The standard InChI is InChI=1S/C18H25N3/c1-3-21-12-5-6-15(10-13-21)20-17-9-8-14(2)18-16(17)7-4-11-19-18/h4,7-9,11,15,20H,3,5-6,10,12-13H2,1-2H3. The number of anilines is 1. The summed E-state index contributed by atoms with van der Waals surface area (Å²) in [7, 11) is 0. The first-order valence-corrected chi connectivity index (χ1v) is 8.11. The van der Waals surface area contributed by atoms with Gasteiger partial charge in [-0.15, -0.1) is 0 Å². The van der Waals surface area contributed by atoms with Crippen LogP contribution in [0.1, 0.15) is 31.7 Å². The first-order chi connectivity index (χ1) is 10.3. The number of aromatic nitrogens is 1. The maximum atomic E-state index is 4.53. The summed E-state index contributed by atoms with van der Waals surface area (Å²) in [5, 5.41) is 5.01. The summed E-state index contributed by atoms with van der Waals surface area (Å²) in [6, 6.07) is 9.16. The fourth-order valence-electron chi connectivity index (χ4n) is 3.28. The average Bonchev–Trinajstić information content (AvgIpc) is 2.75. The molecule has 0 aliphatic carbocycles. The first kappa shape index (κ1) is 14.3. The zero-order valence-corrected chi connectivity index (χ0v) is 13.1. The Balaban J connectivity index is 1.80. The minimum Gasteiger partial charge on any atom is -0.382 e. The van der Waals surface area contributed by atoms with Gasteiger partial charge < -0.3 is 10.2 Å². The second-order valence-corrected chi connectivity index (χ2v) is 6.04. The van der Waals surface area contributed by atoms with Crippen molar-refractivity contribution in [2.45, 2.75) is 39.2 Å². The zero-order valence-electron chi connectivity index (χ0n) is 13.1. The highest BCUT2D eigenvalue weighted by Crippen LogP contribution is 2.26. The Labute approximate surface area is 127 Å². The van der Waals surface area contributed by atoms with E-state index in [2.05, 4.69) is 47.2 Å². The van der Waals surface area contributed by atoms with Gasteiger partial charge >= 0.3 is 0 Å². The van der Waals surface area contributed by atoms with Crippen LogP contribution in [0.4, 0.5) is 5.69 Å². The third-order valence-corrected chi connectivity index (χ3v) is 4.60. The molecule has 1 unspecified atom stereocenters. The number of rotatable bonds is 3. The number of pyridine rings is 1. The number of nitrogens with one attached hydrogen (secondary N) is 1. The van der Waals surface area contributed by atoms with Gasteiger partial charge in [-0.1, -0.05) is 13.0 Å². The molecule has 3 rings (SSSR count). The molecule has 0 bridgehead atoms. The van der Waals surface area contributed by atoms with Crippen molar-refractivity contribution in [3.63, 3.8) is 0 Å². The third-order valence-electron chi connectivity index (χ3n) is 4.60. The highest BCUT2D eigenvalue weighted by Gasteiger charge is 2.16. The maximum absolute atomic E-state index is 4.53. The van der Waals surface area contributed by atoms with Crippen LogP contribution in [0.15, 0.2) is 30.5 Å². The number of benzene rings is 1. The molecule has 1 aliphatic heterocycles. The topological polar surface area (TPSA) is 28.2 Å². The predicted molar refractivity (Wildman–Crippen MR) is 89.9 cm³/mol. The molecule has 21 heavy (non-hydrogen) atoms. The van der Waals surface area contributed by atoms with E-state index in [0.717, 1.165) is 5.52 Å². The van der Waals surface area contributed by atoms with Crippen LogP contribution >= 0.6 is 0 Å². The molecule has 2 heterocycles. The number of hydrogen-bond acceptors (Lipinski definition) is 3. The Morgan fingerprint density at radius 2 is 2.14 bits per heavy atom. The molecule has 0 saturated carbocycles. The fourth-order valence-corrected chi connectivity index (χ4v) is 3.28. The molecule has 112 valence electrons. The second-order valence-electron chi connectivity index (χ2n) is 6.04. The van der Waals surface area contributed by atoms with E-state index in [1.54, 1.807) is 0 Å². The van der Waals surface area contributed by atoms with Crippen molar-refractivity contribution in [2.24, 2.45) is 0 Å². The van der Waals surface area contributed by atoms with Crippen molar-refractivity contribution in [2.75, 3.05) is 25.0 Å². The Bertz CT molecular complexity index is 608. The van der Waals surface area contributed by atoms with E-state index < -0.39 is 0 Å². The minimum absolute atomic E-state index is 0.577. The predicted octanol–water partition coefficient (Wildman–Crippen LogP) is 3.83. The Morgan fingerprint density at radius 3 is 3.00 bits per heavy atom. The van der Waals surface area contributed by atoms with Gasteiger partial charge in [0, 0.05) is 29.9 Å². The summed E-state index contributed by atoms with van der Waals surface area (Å²) in [6.07, 6.45) is 5.65. The van der Waals surface area contributed by atoms with E-state index in [9.17, 15) is 0 Å². The monoisotopic (exact) mass is 283 g/mol. The third kappa shape index (κ3) is 3.18. The lowest BCUT2D eigenvalue weighted by Gasteiger charge is -2.20. The van der Waals surface area contributed by atoms with Crippen molar-refractivity contribution < 1.29 is 0 Å². The number of likely N-dealkylation sites (tertiary alicyclic amines) is 1. The SMILES string of the molecule is CCN1CCCC(Nc2ccc(C)c3ncccc23)CC1.